The molecule has 1 aromatic heterocycles. The summed E-state index contributed by atoms with van der Waals surface area (Å²) in [5.41, 5.74) is 1.67. The van der Waals surface area contributed by atoms with Gasteiger partial charge in [0.05, 0.1) is 10.0 Å². The zero-order chi connectivity index (χ0) is 19.2. The van der Waals surface area contributed by atoms with Crippen LogP contribution in [-0.4, -0.2) is 22.6 Å². The van der Waals surface area contributed by atoms with E-state index >= 15 is 0 Å². The van der Waals surface area contributed by atoms with Crippen molar-refractivity contribution in [2.24, 2.45) is 0 Å². The van der Waals surface area contributed by atoms with E-state index in [2.05, 4.69) is 15.5 Å². The standard InChI is InChI=1S/C19H16Cl3N3O2/c20-14-7-4-13(5-8-14)19-24-17(27-25-19)10-11-23-16(26)9-6-12-2-1-3-15(21)18(12)22/h1-5,7-8H,6,9-11H2,(H,23,26). The van der Waals surface area contributed by atoms with E-state index in [4.69, 9.17) is 39.3 Å². The number of aromatic nitrogens is 2. The minimum atomic E-state index is -0.0801. The van der Waals surface area contributed by atoms with Gasteiger partial charge in [-0.25, -0.2) is 0 Å². The molecule has 0 fully saturated rings. The quantitative estimate of drug-likeness (QED) is 0.580. The predicted octanol–water partition coefficient (Wildman–Crippen LogP) is 4.99. The van der Waals surface area contributed by atoms with Crippen LogP contribution in [0.5, 0.6) is 0 Å². The Balaban J connectivity index is 1.45. The number of nitrogens with zero attached hydrogens (tertiary/aromatic N) is 2. The van der Waals surface area contributed by atoms with Gasteiger partial charge in [-0.1, -0.05) is 52.1 Å². The molecule has 0 saturated carbocycles. The fraction of sp³-hybridized carbons (Fsp3) is 0.211. The molecule has 3 aromatic rings. The third-order valence-electron chi connectivity index (χ3n) is 3.88. The van der Waals surface area contributed by atoms with Gasteiger partial charge in [-0.15, -0.1) is 0 Å². The monoisotopic (exact) mass is 423 g/mol. The molecule has 1 amide bonds. The van der Waals surface area contributed by atoms with Crippen molar-refractivity contribution >= 4 is 40.7 Å². The second kappa shape index (κ2) is 9.22. The van der Waals surface area contributed by atoms with Gasteiger partial charge in [-0.05, 0) is 42.3 Å². The van der Waals surface area contributed by atoms with E-state index in [1.165, 1.54) is 0 Å². The number of hydrogen-bond acceptors (Lipinski definition) is 4. The molecule has 8 heteroatoms. The highest BCUT2D eigenvalue weighted by Crippen LogP contribution is 2.26. The predicted molar refractivity (Wildman–Crippen MR) is 106 cm³/mol. The van der Waals surface area contributed by atoms with Gasteiger partial charge >= 0.3 is 0 Å². The second-order valence-electron chi connectivity index (χ2n) is 5.83. The molecule has 0 aliphatic rings. The van der Waals surface area contributed by atoms with Crippen LogP contribution in [0.2, 0.25) is 15.1 Å². The van der Waals surface area contributed by atoms with Gasteiger partial charge in [0.25, 0.3) is 0 Å². The van der Waals surface area contributed by atoms with Crippen LogP contribution in [0.4, 0.5) is 0 Å². The zero-order valence-corrected chi connectivity index (χ0v) is 16.5. The highest BCUT2D eigenvalue weighted by atomic mass is 35.5. The highest BCUT2D eigenvalue weighted by Gasteiger charge is 2.10. The summed E-state index contributed by atoms with van der Waals surface area (Å²) < 4.78 is 5.21. The molecule has 1 N–H and O–H groups in total. The Hall–Kier alpha value is -2.08. The maximum absolute atomic E-state index is 12.0. The van der Waals surface area contributed by atoms with Crippen LogP contribution in [0.3, 0.4) is 0 Å². The van der Waals surface area contributed by atoms with Crippen molar-refractivity contribution in [1.29, 1.82) is 0 Å². The topological polar surface area (TPSA) is 68.0 Å². The molecule has 1 heterocycles. The molecule has 0 bridgehead atoms. The molecular formula is C19H16Cl3N3O2. The van der Waals surface area contributed by atoms with E-state index in [0.29, 0.717) is 52.6 Å². The molecule has 5 nitrogen and oxygen atoms in total. The zero-order valence-electron chi connectivity index (χ0n) is 14.2. The summed E-state index contributed by atoms with van der Waals surface area (Å²) in [5.74, 6) is 0.866. The summed E-state index contributed by atoms with van der Waals surface area (Å²) >= 11 is 18.0. The van der Waals surface area contributed by atoms with E-state index in [1.807, 2.05) is 24.3 Å². The molecule has 0 unspecified atom stereocenters. The van der Waals surface area contributed by atoms with Crippen molar-refractivity contribution < 1.29 is 9.32 Å². The average molecular weight is 425 g/mol. The molecule has 0 saturated heterocycles. The molecule has 0 aliphatic heterocycles. The molecule has 2 aromatic carbocycles. The Labute approximate surface area is 171 Å². The summed E-state index contributed by atoms with van der Waals surface area (Å²) in [6.07, 6.45) is 1.29. The molecule has 0 spiro atoms. The van der Waals surface area contributed by atoms with Crippen molar-refractivity contribution in [2.45, 2.75) is 19.3 Å². The Bertz CT molecular complexity index is 926. The van der Waals surface area contributed by atoms with Gasteiger partial charge in [0.2, 0.25) is 17.6 Å². The minimum absolute atomic E-state index is 0.0801. The number of rotatable bonds is 7. The second-order valence-corrected chi connectivity index (χ2v) is 7.05. The van der Waals surface area contributed by atoms with Crippen LogP contribution in [-0.2, 0) is 17.6 Å². The van der Waals surface area contributed by atoms with Crippen LogP contribution in [0, 0.1) is 0 Å². The summed E-state index contributed by atoms with van der Waals surface area (Å²) in [6.45, 7) is 0.407. The minimum Gasteiger partial charge on any atom is -0.356 e. The van der Waals surface area contributed by atoms with Crippen LogP contribution in [0.25, 0.3) is 11.4 Å². The first-order valence-electron chi connectivity index (χ1n) is 8.31. The molecule has 3 rings (SSSR count). The van der Waals surface area contributed by atoms with Crippen molar-refractivity contribution in [3.8, 4) is 11.4 Å². The smallest absolute Gasteiger partial charge is 0.228 e. The lowest BCUT2D eigenvalue weighted by Gasteiger charge is -2.06. The molecule has 140 valence electrons. The maximum Gasteiger partial charge on any atom is 0.228 e. The molecular weight excluding hydrogens is 409 g/mol. The van der Waals surface area contributed by atoms with E-state index < -0.39 is 0 Å². The van der Waals surface area contributed by atoms with E-state index in [-0.39, 0.29) is 5.91 Å². The number of carbonyl (C=O) groups excluding carboxylic acids is 1. The Kier molecular flexibility index (Phi) is 6.72. The number of carbonyl (C=O) groups is 1. The normalized spacial score (nSPS) is 10.8. The summed E-state index contributed by atoms with van der Waals surface area (Å²) in [4.78, 5) is 16.3. The van der Waals surface area contributed by atoms with E-state index in [0.717, 1.165) is 11.1 Å². The maximum atomic E-state index is 12.0. The third-order valence-corrected chi connectivity index (χ3v) is 4.99. The lowest BCUT2D eigenvalue weighted by molar-refractivity contribution is -0.121. The fourth-order valence-corrected chi connectivity index (χ4v) is 3.00. The highest BCUT2D eigenvalue weighted by molar-refractivity contribution is 6.42. The van der Waals surface area contributed by atoms with Crippen molar-refractivity contribution in [1.82, 2.24) is 15.5 Å². The van der Waals surface area contributed by atoms with Gasteiger partial charge in [-0.3, -0.25) is 4.79 Å². The van der Waals surface area contributed by atoms with Crippen LogP contribution < -0.4 is 5.32 Å². The number of aryl methyl sites for hydroxylation is 1. The number of hydrogen-bond donors (Lipinski definition) is 1. The van der Waals surface area contributed by atoms with Crippen LogP contribution in [0.15, 0.2) is 47.0 Å². The first-order chi connectivity index (χ1) is 13.0. The van der Waals surface area contributed by atoms with Crippen LogP contribution >= 0.6 is 34.8 Å². The molecule has 0 radical (unpaired) electrons. The van der Waals surface area contributed by atoms with Gasteiger partial charge in [0.1, 0.15) is 0 Å². The fourth-order valence-electron chi connectivity index (χ4n) is 2.46. The SMILES string of the molecule is O=C(CCc1cccc(Cl)c1Cl)NCCc1nc(-c2ccc(Cl)cc2)no1. The van der Waals surface area contributed by atoms with Gasteiger partial charge in [0, 0.05) is 30.0 Å². The van der Waals surface area contributed by atoms with Crippen LogP contribution in [0.1, 0.15) is 17.9 Å². The van der Waals surface area contributed by atoms with Crippen molar-refractivity contribution in [2.75, 3.05) is 6.54 Å². The molecule has 0 atom stereocenters. The van der Waals surface area contributed by atoms with Crippen molar-refractivity contribution in [3.63, 3.8) is 0 Å². The number of amides is 1. The lowest BCUT2D eigenvalue weighted by Crippen LogP contribution is -2.26. The number of benzene rings is 2. The van der Waals surface area contributed by atoms with Crippen molar-refractivity contribution in [3.05, 3.63) is 69.0 Å². The van der Waals surface area contributed by atoms with Gasteiger partial charge in [0.15, 0.2) is 0 Å². The average Bonchev–Trinajstić information content (AvgIpc) is 3.12. The first kappa shape index (κ1) is 19.7. The largest absolute Gasteiger partial charge is 0.356 e. The van der Waals surface area contributed by atoms with E-state index in [9.17, 15) is 4.79 Å². The number of nitrogens with one attached hydrogen (secondary N) is 1. The Morgan fingerprint density at radius 2 is 1.81 bits per heavy atom. The Morgan fingerprint density at radius 3 is 2.59 bits per heavy atom. The summed E-state index contributed by atoms with van der Waals surface area (Å²) in [5, 5.41) is 8.39. The number of halogens is 3. The first-order valence-corrected chi connectivity index (χ1v) is 9.44. The summed E-state index contributed by atoms with van der Waals surface area (Å²) in [6, 6.07) is 12.6. The Morgan fingerprint density at radius 1 is 1.04 bits per heavy atom. The molecule has 27 heavy (non-hydrogen) atoms. The third kappa shape index (κ3) is 5.45. The lowest BCUT2D eigenvalue weighted by atomic mass is 10.1. The van der Waals surface area contributed by atoms with Gasteiger partial charge in [-0.2, -0.15) is 4.98 Å². The molecule has 0 aliphatic carbocycles. The summed E-state index contributed by atoms with van der Waals surface area (Å²) in [7, 11) is 0. The van der Waals surface area contributed by atoms with E-state index in [1.54, 1.807) is 18.2 Å². The van der Waals surface area contributed by atoms with Gasteiger partial charge < -0.3 is 9.84 Å².